The first-order chi connectivity index (χ1) is 13.5. The van der Waals surface area contributed by atoms with Crippen molar-refractivity contribution >= 4 is 45.1 Å². The standard InChI is InChI=1S/C19H18ClFIN3O3/c1-26-13-8-14(27-2)18(21)16(17(13)20)11-7-12-10(9-23-11)19(22)24-25(12)15-5-3-4-6-28-15/h7-9,15H,3-6H2,1-2H3. The largest absolute Gasteiger partial charge is 0.495 e. The van der Waals surface area contributed by atoms with Crippen molar-refractivity contribution in [1.82, 2.24) is 14.8 Å². The summed E-state index contributed by atoms with van der Waals surface area (Å²) in [5, 5.41) is 5.64. The van der Waals surface area contributed by atoms with Crippen LogP contribution in [-0.4, -0.2) is 35.6 Å². The Morgan fingerprint density at radius 3 is 2.71 bits per heavy atom. The van der Waals surface area contributed by atoms with E-state index < -0.39 is 5.82 Å². The first-order valence-electron chi connectivity index (χ1n) is 8.80. The Morgan fingerprint density at radius 2 is 2.04 bits per heavy atom. The average Bonchev–Trinajstić information content (AvgIpc) is 3.05. The molecule has 9 heteroatoms. The summed E-state index contributed by atoms with van der Waals surface area (Å²) in [5.74, 6) is -0.234. The van der Waals surface area contributed by atoms with E-state index in [2.05, 4.69) is 32.7 Å². The number of rotatable bonds is 4. The number of pyridine rings is 1. The molecule has 0 radical (unpaired) electrons. The second-order valence-corrected chi connectivity index (χ2v) is 7.83. The van der Waals surface area contributed by atoms with Gasteiger partial charge in [0.15, 0.2) is 17.8 Å². The number of hydrogen-bond acceptors (Lipinski definition) is 5. The number of benzene rings is 1. The molecule has 1 unspecified atom stereocenters. The Bertz CT molecular complexity index is 1010. The molecule has 0 saturated carbocycles. The number of hydrogen-bond donors (Lipinski definition) is 0. The fourth-order valence-electron chi connectivity index (χ4n) is 3.38. The molecule has 0 N–H and O–H groups in total. The number of ether oxygens (including phenoxy) is 3. The van der Waals surface area contributed by atoms with E-state index in [1.807, 2.05) is 4.68 Å². The molecular formula is C19H18ClFIN3O3. The molecule has 0 bridgehead atoms. The minimum atomic E-state index is -0.588. The third-order valence-corrected chi connectivity index (χ3v) is 5.98. The van der Waals surface area contributed by atoms with E-state index >= 15 is 4.39 Å². The summed E-state index contributed by atoms with van der Waals surface area (Å²) < 4.78 is 34.0. The van der Waals surface area contributed by atoms with Gasteiger partial charge in [-0.2, -0.15) is 5.10 Å². The molecule has 4 rings (SSSR count). The van der Waals surface area contributed by atoms with Gasteiger partial charge in [0.25, 0.3) is 0 Å². The molecule has 1 fully saturated rings. The molecular weight excluding hydrogens is 500 g/mol. The van der Waals surface area contributed by atoms with E-state index in [1.54, 1.807) is 12.3 Å². The monoisotopic (exact) mass is 517 g/mol. The van der Waals surface area contributed by atoms with Crippen LogP contribution < -0.4 is 9.47 Å². The van der Waals surface area contributed by atoms with Gasteiger partial charge in [-0.25, -0.2) is 9.07 Å². The summed E-state index contributed by atoms with van der Waals surface area (Å²) in [6, 6.07) is 3.20. The number of nitrogens with zero attached hydrogens (tertiary/aromatic N) is 3. The maximum atomic E-state index is 15.0. The first-order valence-corrected chi connectivity index (χ1v) is 10.3. The van der Waals surface area contributed by atoms with Gasteiger partial charge in [0.2, 0.25) is 0 Å². The highest BCUT2D eigenvalue weighted by atomic mass is 127. The summed E-state index contributed by atoms with van der Waals surface area (Å²) in [6.07, 6.45) is 4.54. The summed E-state index contributed by atoms with van der Waals surface area (Å²) in [5.41, 5.74) is 1.33. The van der Waals surface area contributed by atoms with E-state index in [0.29, 0.717) is 18.1 Å². The molecule has 1 atom stereocenters. The second kappa shape index (κ2) is 8.00. The van der Waals surface area contributed by atoms with E-state index in [9.17, 15) is 0 Å². The highest BCUT2D eigenvalue weighted by Gasteiger charge is 2.24. The van der Waals surface area contributed by atoms with Crippen LogP contribution in [-0.2, 0) is 4.74 Å². The Kier molecular flexibility index (Phi) is 5.62. The predicted octanol–water partition coefficient (Wildman–Crippen LogP) is 5.21. The van der Waals surface area contributed by atoms with Crippen molar-refractivity contribution in [1.29, 1.82) is 0 Å². The zero-order valence-corrected chi connectivity index (χ0v) is 18.3. The lowest BCUT2D eigenvalue weighted by Crippen LogP contribution is -2.19. The Morgan fingerprint density at radius 1 is 1.25 bits per heavy atom. The van der Waals surface area contributed by atoms with Gasteiger partial charge in [-0.1, -0.05) is 11.6 Å². The Balaban J connectivity index is 1.91. The van der Waals surface area contributed by atoms with Crippen LogP contribution in [0.4, 0.5) is 4.39 Å². The predicted molar refractivity (Wildman–Crippen MR) is 113 cm³/mol. The zero-order valence-electron chi connectivity index (χ0n) is 15.3. The molecule has 1 aliphatic rings. The zero-order chi connectivity index (χ0) is 19.8. The van der Waals surface area contributed by atoms with Crippen LogP contribution in [0, 0.1) is 9.52 Å². The molecule has 28 heavy (non-hydrogen) atoms. The van der Waals surface area contributed by atoms with Gasteiger partial charge in [-0.15, -0.1) is 0 Å². The Labute approximate surface area is 180 Å². The molecule has 3 heterocycles. The fraction of sp³-hybridized carbons (Fsp3) is 0.368. The van der Waals surface area contributed by atoms with Gasteiger partial charge < -0.3 is 14.2 Å². The Hall–Kier alpha value is -1.65. The molecule has 3 aromatic rings. The first kappa shape index (κ1) is 19.7. The van der Waals surface area contributed by atoms with Gasteiger partial charge in [-0.3, -0.25) is 4.98 Å². The van der Waals surface area contributed by atoms with Crippen LogP contribution >= 0.6 is 34.2 Å². The van der Waals surface area contributed by atoms with E-state index in [0.717, 1.165) is 33.9 Å². The van der Waals surface area contributed by atoms with Crippen LogP contribution in [0.15, 0.2) is 18.3 Å². The molecule has 0 spiro atoms. The molecule has 1 saturated heterocycles. The SMILES string of the molecule is COc1cc(OC)c(Cl)c(-c2cc3c(cn2)c(I)nn3C2CCCCO2)c1F. The van der Waals surface area contributed by atoms with Crippen LogP contribution in [0.5, 0.6) is 11.5 Å². The van der Waals surface area contributed by atoms with Gasteiger partial charge in [-0.05, 0) is 47.9 Å². The molecule has 6 nitrogen and oxygen atoms in total. The molecule has 0 amide bonds. The van der Waals surface area contributed by atoms with Gasteiger partial charge in [0.1, 0.15) is 9.45 Å². The van der Waals surface area contributed by atoms with Gasteiger partial charge >= 0.3 is 0 Å². The number of aromatic nitrogens is 3. The van der Waals surface area contributed by atoms with Crippen LogP contribution in [0.2, 0.25) is 5.02 Å². The highest BCUT2D eigenvalue weighted by molar-refractivity contribution is 14.1. The van der Waals surface area contributed by atoms with Crippen LogP contribution in [0.25, 0.3) is 22.2 Å². The number of halogens is 3. The van der Waals surface area contributed by atoms with Gasteiger partial charge in [0.05, 0.1) is 41.4 Å². The maximum Gasteiger partial charge on any atom is 0.176 e. The van der Waals surface area contributed by atoms with Crippen molar-refractivity contribution < 1.29 is 18.6 Å². The van der Waals surface area contributed by atoms with Crippen molar-refractivity contribution in [2.45, 2.75) is 25.5 Å². The van der Waals surface area contributed by atoms with Crippen molar-refractivity contribution in [3.05, 3.63) is 32.9 Å². The molecule has 1 aliphatic heterocycles. The quantitative estimate of drug-likeness (QED) is 0.445. The van der Waals surface area contributed by atoms with Crippen molar-refractivity contribution in [3.8, 4) is 22.8 Å². The fourth-order valence-corrected chi connectivity index (χ4v) is 4.34. The lowest BCUT2D eigenvalue weighted by molar-refractivity contribution is -0.0368. The molecule has 0 aliphatic carbocycles. The lowest BCUT2D eigenvalue weighted by atomic mass is 10.1. The maximum absolute atomic E-state index is 15.0. The third-order valence-electron chi connectivity index (χ3n) is 4.80. The second-order valence-electron chi connectivity index (χ2n) is 6.43. The summed E-state index contributed by atoms with van der Waals surface area (Å²) in [4.78, 5) is 4.43. The summed E-state index contributed by atoms with van der Waals surface area (Å²) >= 11 is 8.58. The summed E-state index contributed by atoms with van der Waals surface area (Å²) in [7, 11) is 2.86. The smallest absolute Gasteiger partial charge is 0.176 e. The highest BCUT2D eigenvalue weighted by Crippen LogP contribution is 2.42. The minimum Gasteiger partial charge on any atom is -0.495 e. The van der Waals surface area contributed by atoms with E-state index in [1.165, 1.54) is 20.3 Å². The van der Waals surface area contributed by atoms with E-state index in [-0.39, 0.29) is 22.6 Å². The number of methoxy groups -OCH3 is 2. The topological polar surface area (TPSA) is 58.4 Å². The van der Waals surface area contributed by atoms with Crippen molar-refractivity contribution in [3.63, 3.8) is 0 Å². The minimum absolute atomic E-state index is 0.0387. The normalized spacial score (nSPS) is 17.1. The molecule has 1 aromatic carbocycles. The lowest BCUT2D eigenvalue weighted by Gasteiger charge is -2.23. The molecule has 2 aromatic heterocycles. The van der Waals surface area contributed by atoms with Crippen molar-refractivity contribution in [2.75, 3.05) is 20.8 Å². The van der Waals surface area contributed by atoms with E-state index in [4.69, 9.17) is 25.8 Å². The average molecular weight is 518 g/mol. The van der Waals surface area contributed by atoms with Crippen LogP contribution in [0.1, 0.15) is 25.5 Å². The van der Waals surface area contributed by atoms with Crippen LogP contribution in [0.3, 0.4) is 0 Å². The third kappa shape index (κ3) is 3.31. The number of fused-ring (bicyclic) bond motifs is 1. The van der Waals surface area contributed by atoms with Gasteiger partial charge in [0, 0.05) is 18.9 Å². The summed E-state index contributed by atoms with van der Waals surface area (Å²) in [6.45, 7) is 0.702. The molecule has 148 valence electrons. The van der Waals surface area contributed by atoms with Crippen molar-refractivity contribution in [2.24, 2.45) is 0 Å².